The fourth-order valence-electron chi connectivity index (χ4n) is 1.38. The van der Waals surface area contributed by atoms with Crippen molar-refractivity contribution in [2.45, 2.75) is 0 Å². The number of carbonyl (C=O) groups is 1. The van der Waals surface area contributed by atoms with Crippen molar-refractivity contribution >= 4 is 23.4 Å². The maximum atomic E-state index is 12.0. The molecule has 3 N–H and O–H groups in total. The summed E-state index contributed by atoms with van der Waals surface area (Å²) in [4.78, 5) is 12.0. The van der Waals surface area contributed by atoms with Gasteiger partial charge in [0, 0.05) is 0 Å². The summed E-state index contributed by atoms with van der Waals surface area (Å²) in [6, 6.07) is 12.4. The average Bonchev–Trinajstić information content (AvgIpc) is 2.98. The lowest BCUT2D eigenvalue weighted by Crippen LogP contribution is -2.17. The number of nitrogens with one attached hydrogen (secondary N) is 1. The molecule has 2 rings (SSSR count). The minimum absolute atomic E-state index is 0.0568. The van der Waals surface area contributed by atoms with Gasteiger partial charge in [0.15, 0.2) is 11.5 Å². The largest absolute Gasteiger partial charge is 0.461 e. The van der Waals surface area contributed by atoms with Gasteiger partial charge in [-0.2, -0.15) is 10.2 Å². The minimum Gasteiger partial charge on any atom is -0.461 e. The number of benzene rings is 1. The molecular formula is C13H12N4O2. The number of ketones is 1. The molecule has 6 nitrogen and oxygen atoms in total. The Labute approximate surface area is 109 Å². The molecule has 96 valence electrons. The molecule has 0 unspecified atom stereocenters. The molecule has 0 aliphatic rings. The summed E-state index contributed by atoms with van der Waals surface area (Å²) in [5.41, 5.74) is 3.56. The Hall–Kier alpha value is -2.89. The van der Waals surface area contributed by atoms with E-state index >= 15 is 0 Å². The molecule has 0 saturated carbocycles. The first-order chi connectivity index (χ1) is 9.31. The number of furan rings is 1. The fraction of sp³-hybridized carbons (Fsp3) is 0. The molecule has 6 heteroatoms. The topological polar surface area (TPSA) is 93.0 Å². The second-order valence-corrected chi connectivity index (χ2v) is 3.56. The van der Waals surface area contributed by atoms with Crippen LogP contribution in [-0.2, 0) is 0 Å². The SMILES string of the molecule is N/N=C\C(=N/Nc1ccccc1)C(=O)c1ccco1. The third-order valence-corrected chi connectivity index (χ3v) is 2.25. The van der Waals surface area contributed by atoms with E-state index in [1.165, 1.54) is 12.5 Å². The zero-order chi connectivity index (χ0) is 13.5. The molecule has 0 aliphatic carbocycles. The highest BCUT2D eigenvalue weighted by Crippen LogP contribution is 2.06. The van der Waals surface area contributed by atoms with Gasteiger partial charge >= 0.3 is 0 Å². The summed E-state index contributed by atoms with van der Waals surface area (Å²) < 4.78 is 5.01. The lowest BCUT2D eigenvalue weighted by Gasteiger charge is -2.01. The Morgan fingerprint density at radius 3 is 2.63 bits per heavy atom. The van der Waals surface area contributed by atoms with Gasteiger partial charge in [-0.25, -0.2) is 0 Å². The zero-order valence-electron chi connectivity index (χ0n) is 9.98. The summed E-state index contributed by atoms with van der Waals surface area (Å²) in [7, 11) is 0. The van der Waals surface area contributed by atoms with Gasteiger partial charge in [0.2, 0.25) is 5.78 Å². The molecule has 2 aromatic rings. The van der Waals surface area contributed by atoms with Crippen molar-refractivity contribution < 1.29 is 9.21 Å². The average molecular weight is 256 g/mol. The van der Waals surface area contributed by atoms with Crippen molar-refractivity contribution in [3.8, 4) is 0 Å². The molecule has 1 aromatic heterocycles. The van der Waals surface area contributed by atoms with Crippen molar-refractivity contribution in [3.05, 3.63) is 54.5 Å². The van der Waals surface area contributed by atoms with Crippen molar-refractivity contribution in [2.75, 3.05) is 5.43 Å². The monoisotopic (exact) mass is 256 g/mol. The first-order valence-electron chi connectivity index (χ1n) is 5.51. The van der Waals surface area contributed by atoms with E-state index in [1.807, 2.05) is 30.3 Å². The lowest BCUT2D eigenvalue weighted by molar-refractivity contribution is 0.104. The summed E-state index contributed by atoms with van der Waals surface area (Å²) in [5.74, 6) is 4.84. The van der Waals surface area contributed by atoms with Gasteiger partial charge in [-0.05, 0) is 24.3 Å². The second-order valence-electron chi connectivity index (χ2n) is 3.56. The third kappa shape index (κ3) is 3.29. The first-order valence-corrected chi connectivity index (χ1v) is 5.51. The van der Waals surface area contributed by atoms with E-state index in [9.17, 15) is 4.79 Å². The van der Waals surface area contributed by atoms with Crippen molar-refractivity contribution in [3.63, 3.8) is 0 Å². The van der Waals surface area contributed by atoms with Crippen LogP contribution in [0.4, 0.5) is 5.69 Å². The summed E-state index contributed by atoms with van der Waals surface area (Å²) in [5, 5.41) is 7.29. The molecular weight excluding hydrogens is 244 g/mol. The van der Waals surface area contributed by atoms with Crippen LogP contribution >= 0.6 is 0 Å². The zero-order valence-corrected chi connectivity index (χ0v) is 9.98. The number of nitrogens with zero attached hydrogens (tertiary/aromatic N) is 2. The van der Waals surface area contributed by atoms with E-state index in [2.05, 4.69) is 15.6 Å². The third-order valence-electron chi connectivity index (χ3n) is 2.25. The quantitative estimate of drug-likeness (QED) is 0.369. The molecule has 0 spiro atoms. The molecule has 0 amide bonds. The smallest absolute Gasteiger partial charge is 0.249 e. The number of hydrogen-bond donors (Lipinski definition) is 2. The van der Waals surface area contributed by atoms with E-state index < -0.39 is 5.78 Å². The van der Waals surface area contributed by atoms with Crippen LogP contribution in [0.1, 0.15) is 10.6 Å². The van der Waals surface area contributed by atoms with Crippen molar-refractivity contribution in [1.29, 1.82) is 0 Å². The van der Waals surface area contributed by atoms with E-state index in [-0.39, 0.29) is 11.5 Å². The Balaban J connectivity index is 2.18. The number of Topliss-reactive ketones (excluding diaryl/α,β-unsaturated/α-hetero) is 1. The molecule has 0 aliphatic heterocycles. The van der Waals surface area contributed by atoms with Gasteiger partial charge in [0.05, 0.1) is 18.2 Å². The van der Waals surface area contributed by atoms with Gasteiger partial charge in [-0.15, -0.1) is 0 Å². The van der Waals surface area contributed by atoms with Gasteiger partial charge in [0.25, 0.3) is 0 Å². The number of hydrogen-bond acceptors (Lipinski definition) is 6. The van der Waals surface area contributed by atoms with Crippen LogP contribution in [0.3, 0.4) is 0 Å². The fourth-order valence-corrected chi connectivity index (χ4v) is 1.38. The van der Waals surface area contributed by atoms with Crippen LogP contribution < -0.4 is 11.3 Å². The highest BCUT2D eigenvalue weighted by atomic mass is 16.3. The number of carbonyl (C=O) groups excluding carboxylic acids is 1. The maximum Gasteiger partial charge on any atom is 0.249 e. The summed E-state index contributed by atoms with van der Waals surface area (Å²) in [6.45, 7) is 0. The Morgan fingerprint density at radius 2 is 2.00 bits per heavy atom. The number of hydrazone groups is 2. The van der Waals surface area contributed by atoms with E-state index in [0.29, 0.717) is 0 Å². The molecule has 0 atom stereocenters. The van der Waals surface area contributed by atoms with Crippen molar-refractivity contribution in [1.82, 2.24) is 0 Å². The van der Waals surface area contributed by atoms with Gasteiger partial charge in [-0.1, -0.05) is 18.2 Å². The lowest BCUT2D eigenvalue weighted by atomic mass is 10.2. The first kappa shape index (κ1) is 12.6. The number of nitrogens with two attached hydrogens (primary N) is 1. The highest BCUT2D eigenvalue weighted by molar-refractivity contribution is 6.64. The van der Waals surface area contributed by atoms with Crippen LogP contribution in [0.25, 0.3) is 0 Å². The predicted molar refractivity (Wildman–Crippen MR) is 73.2 cm³/mol. The molecule has 0 bridgehead atoms. The van der Waals surface area contributed by atoms with Gasteiger partial charge in [0.1, 0.15) is 0 Å². The minimum atomic E-state index is -0.400. The Bertz CT molecular complexity index is 588. The molecule has 1 aromatic carbocycles. The van der Waals surface area contributed by atoms with Gasteiger partial charge < -0.3 is 10.3 Å². The predicted octanol–water partition coefficient (Wildman–Crippen LogP) is 1.87. The highest BCUT2D eigenvalue weighted by Gasteiger charge is 2.15. The van der Waals surface area contributed by atoms with Crippen LogP contribution in [0.15, 0.2) is 63.3 Å². The summed E-state index contributed by atoms with van der Waals surface area (Å²) >= 11 is 0. The molecule has 0 radical (unpaired) electrons. The summed E-state index contributed by atoms with van der Waals surface area (Å²) in [6.07, 6.45) is 2.58. The normalized spacial score (nSPS) is 11.7. The van der Waals surface area contributed by atoms with E-state index in [1.54, 1.807) is 12.1 Å². The molecule has 0 fully saturated rings. The standard InChI is InChI=1S/C13H12N4O2/c14-15-9-11(13(18)12-7-4-8-19-12)17-16-10-5-2-1-3-6-10/h1-9,16H,14H2/b15-9-,17-11+. The molecule has 19 heavy (non-hydrogen) atoms. The van der Waals surface area contributed by atoms with Crippen molar-refractivity contribution in [2.24, 2.45) is 16.0 Å². The molecule has 0 saturated heterocycles. The molecule has 1 heterocycles. The number of rotatable bonds is 5. The maximum absolute atomic E-state index is 12.0. The Kier molecular flexibility index (Phi) is 4.07. The van der Waals surface area contributed by atoms with E-state index in [4.69, 9.17) is 10.3 Å². The van der Waals surface area contributed by atoms with Crippen LogP contribution in [0.5, 0.6) is 0 Å². The Morgan fingerprint density at radius 1 is 1.21 bits per heavy atom. The van der Waals surface area contributed by atoms with Crippen LogP contribution in [-0.4, -0.2) is 17.7 Å². The van der Waals surface area contributed by atoms with Crippen LogP contribution in [0.2, 0.25) is 0 Å². The van der Waals surface area contributed by atoms with Gasteiger partial charge in [-0.3, -0.25) is 10.2 Å². The second kappa shape index (κ2) is 6.15. The number of para-hydroxylation sites is 1. The number of anilines is 1. The van der Waals surface area contributed by atoms with Crippen LogP contribution in [0, 0.1) is 0 Å². The van der Waals surface area contributed by atoms with E-state index in [0.717, 1.165) is 5.69 Å².